The molecule has 1 saturated heterocycles. The molecule has 2 aromatic rings. The number of nitro groups is 1. The lowest BCUT2D eigenvalue weighted by Gasteiger charge is -2.32. The topological polar surface area (TPSA) is 110 Å². The van der Waals surface area contributed by atoms with Crippen LogP contribution in [0.4, 0.5) is 17.3 Å². The maximum Gasteiger partial charge on any atom is 0.353 e. The van der Waals surface area contributed by atoms with Crippen molar-refractivity contribution in [3.63, 3.8) is 0 Å². The number of carbonyl (C=O) groups excluding carboxylic acids is 1. The summed E-state index contributed by atoms with van der Waals surface area (Å²) in [5.41, 5.74) is -0.154. The number of ether oxygens (including phenoxy) is 1. The lowest BCUT2D eigenvalue weighted by Crippen LogP contribution is -2.40. The summed E-state index contributed by atoms with van der Waals surface area (Å²) in [5, 5.41) is 16.8. The fourth-order valence-electron chi connectivity index (χ4n) is 3.28. The average Bonchev–Trinajstić information content (AvgIpc) is 3.21. The van der Waals surface area contributed by atoms with Crippen LogP contribution in [0.15, 0.2) is 23.8 Å². The van der Waals surface area contributed by atoms with Crippen LogP contribution in [0.1, 0.15) is 24.6 Å². The molecular weight excluding hydrogens is 382 g/mol. The van der Waals surface area contributed by atoms with E-state index in [1.165, 1.54) is 11.2 Å². The zero-order valence-corrected chi connectivity index (χ0v) is 16.5. The molecule has 1 fully saturated rings. The SMILES string of the molecule is CCOC(=O)C1CCCN(c2ncnc(NCCc3cccs3)c2[N+](=O)[O-])C1. The van der Waals surface area contributed by atoms with Crippen LogP contribution >= 0.6 is 11.3 Å². The van der Waals surface area contributed by atoms with E-state index >= 15 is 0 Å². The first-order chi connectivity index (χ1) is 13.6. The molecule has 0 aromatic carbocycles. The normalized spacial score (nSPS) is 16.6. The van der Waals surface area contributed by atoms with Crippen LogP contribution in [-0.2, 0) is 16.0 Å². The molecule has 0 amide bonds. The number of anilines is 2. The molecule has 28 heavy (non-hydrogen) atoms. The van der Waals surface area contributed by atoms with Gasteiger partial charge in [0, 0.05) is 24.5 Å². The summed E-state index contributed by atoms with van der Waals surface area (Å²) in [7, 11) is 0. The Morgan fingerprint density at radius 1 is 1.50 bits per heavy atom. The fraction of sp³-hybridized carbons (Fsp3) is 0.500. The van der Waals surface area contributed by atoms with Crippen LogP contribution in [0.25, 0.3) is 0 Å². The summed E-state index contributed by atoms with van der Waals surface area (Å²) in [5.74, 6) is -0.130. The monoisotopic (exact) mass is 405 g/mol. The molecule has 0 bridgehead atoms. The second kappa shape index (κ2) is 9.45. The van der Waals surface area contributed by atoms with Crippen molar-refractivity contribution in [2.24, 2.45) is 5.92 Å². The quantitative estimate of drug-likeness (QED) is 0.405. The largest absolute Gasteiger partial charge is 0.466 e. The van der Waals surface area contributed by atoms with Crippen molar-refractivity contribution in [2.45, 2.75) is 26.2 Å². The van der Waals surface area contributed by atoms with Gasteiger partial charge >= 0.3 is 11.7 Å². The third kappa shape index (κ3) is 4.75. The first-order valence-electron chi connectivity index (χ1n) is 9.27. The molecular formula is C18H23N5O4S. The van der Waals surface area contributed by atoms with Crippen molar-refractivity contribution in [3.8, 4) is 0 Å². The molecule has 0 aliphatic carbocycles. The lowest BCUT2D eigenvalue weighted by atomic mass is 9.98. The van der Waals surface area contributed by atoms with Crippen molar-refractivity contribution in [2.75, 3.05) is 36.5 Å². The number of thiophene rings is 1. The van der Waals surface area contributed by atoms with E-state index in [1.54, 1.807) is 23.2 Å². The van der Waals surface area contributed by atoms with Gasteiger partial charge in [-0.2, -0.15) is 0 Å². The van der Waals surface area contributed by atoms with Crippen LogP contribution in [0, 0.1) is 16.0 Å². The molecule has 2 aromatic heterocycles. The molecule has 3 heterocycles. The molecule has 0 spiro atoms. The van der Waals surface area contributed by atoms with Gasteiger partial charge in [-0.3, -0.25) is 14.9 Å². The molecule has 1 N–H and O–H groups in total. The Labute approximate surface area is 166 Å². The highest BCUT2D eigenvalue weighted by Gasteiger charge is 2.33. The van der Waals surface area contributed by atoms with Crippen molar-refractivity contribution < 1.29 is 14.5 Å². The van der Waals surface area contributed by atoms with Gasteiger partial charge in [0.05, 0.1) is 17.4 Å². The predicted molar refractivity (Wildman–Crippen MR) is 107 cm³/mol. The van der Waals surface area contributed by atoms with Gasteiger partial charge in [-0.05, 0) is 37.6 Å². The van der Waals surface area contributed by atoms with Gasteiger partial charge in [0.2, 0.25) is 11.6 Å². The average molecular weight is 405 g/mol. The van der Waals surface area contributed by atoms with Gasteiger partial charge in [0.15, 0.2) is 0 Å². The Hall–Kier alpha value is -2.75. The summed E-state index contributed by atoms with van der Waals surface area (Å²) >= 11 is 1.64. The third-order valence-electron chi connectivity index (χ3n) is 4.57. The van der Waals surface area contributed by atoms with Crippen molar-refractivity contribution in [3.05, 3.63) is 38.8 Å². The number of hydrogen-bond donors (Lipinski definition) is 1. The van der Waals surface area contributed by atoms with Crippen LogP contribution in [0.3, 0.4) is 0 Å². The van der Waals surface area contributed by atoms with E-state index in [0.29, 0.717) is 32.7 Å². The fourth-order valence-corrected chi connectivity index (χ4v) is 3.99. The highest BCUT2D eigenvalue weighted by Crippen LogP contribution is 2.34. The van der Waals surface area contributed by atoms with Crippen LogP contribution in [0.2, 0.25) is 0 Å². The maximum absolute atomic E-state index is 12.1. The molecule has 3 rings (SSSR count). The zero-order chi connectivity index (χ0) is 19.9. The first-order valence-corrected chi connectivity index (χ1v) is 10.1. The highest BCUT2D eigenvalue weighted by atomic mass is 32.1. The van der Waals surface area contributed by atoms with E-state index in [-0.39, 0.29) is 29.2 Å². The van der Waals surface area contributed by atoms with E-state index in [0.717, 1.165) is 12.8 Å². The summed E-state index contributed by atoms with van der Waals surface area (Å²) in [4.78, 5) is 34.6. The van der Waals surface area contributed by atoms with Crippen molar-refractivity contribution in [1.29, 1.82) is 0 Å². The van der Waals surface area contributed by atoms with E-state index < -0.39 is 4.92 Å². The number of carbonyl (C=O) groups is 1. The third-order valence-corrected chi connectivity index (χ3v) is 5.51. The molecule has 1 atom stereocenters. The van der Waals surface area contributed by atoms with Gasteiger partial charge in [0.1, 0.15) is 6.33 Å². The van der Waals surface area contributed by atoms with Crippen LogP contribution < -0.4 is 10.2 Å². The summed E-state index contributed by atoms with van der Waals surface area (Å²) in [6.07, 6.45) is 3.53. The molecule has 150 valence electrons. The van der Waals surface area contributed by atoms with Gasteiger partial charge in [-0.1, -0.05) is 6.07 Å². The lowest BCUT2D eigenvalue weighted by molar-refractivity contribution is -0.383. The Morgan fingerprint density at radius 3 is 3.07 bits per heavy atom. The number of rotatable bonds is 8. The van der Waals surface area contributed by atoms with Crippen LogP contribution in [0.5, 0.6) is 0 Å². The van der Waals surface area contributed by atoms with Crippen molar-refractivity contribution >= 4 is 34.6 Å². The Balaban J connectivity index is 1.76. The van der Waals surface area contributed by atoms with E-state index in [9.17, 15) is 14.9 Å². The second-order valence-electron chi connectivity index (χ2n) is 6.44. The van der Waals surface area contributed by atoms with E-state index in [4.69, 9.17) is 4.74 Å². The minimum Gasteiger partial charge on any atom is -0.466 e. The molecule has 10 heteroatoms. The maximum atomic E-state index is 12.1. The molecule has 0 saturated carbocycles. The second-order valence-corrected chi connectivity index (χ2v) is 7.48. The van der Waals surface area contributed by atoms with E-state index in [2.05, 4.69) is 15.3 Å². The number of nitrogens with zero attached hydrogens (tertiary/aromatic N) is 4. The number of aromatic nitrogens is 2. The number of esters is 1. The van der Waals surface area contributed by atoms with Crippen LogP contribution in [-0.4, -0.2) is 47.1 Å². The summed E-state index contributed by atoms with van der Waals surface area (Å²) in [6, 6.07) is 4.00. The minimum absolute atomic E-state index is 0.154. The minimum atomic E-state index is -0.462. The number of nitrogens with one attached hydrogen (secondary N) is 1. The molecule has 9 nitrogen and oxygen atoms in total. The number of hydrogen-bond acceptors (Lipinski definition) is 9. The van der Waals surface area contributed by atoms with Gasteiger partial charge in [0.25, 0.3) is 0 Å². The predicted octanol–water partition coefficient (Wildman–Crippen LogP) is 2.88. The first kappa shape index (κ1) is 20.0. The summed E-state index contributed by atoms with van der Waals surface area (Å²) in [6.45, 7) is 3.57. The Morgan fingerprint density at radius 2 is 2.36 bits per heavy atom. The van der Waals surface area contributed by atoms with E-state index in [1.807, 2.05) is 17.5 Å². The van der Waals surface area contributed by atoms with Crippen molar-refractivity contribution in [1.82, 2.24) is 9.97 Å². The van der Waals surface area contributed by atoms with Gasteiger partial charge in [-0.15, -0.1) is 11.3 Å². The Bertz CT molecular complexity index is 814. The molecule has 0 radical (unpaired) electrons. The molecule has 1 unspecified atom stereocenters. The molecule has 1 aliphatic rings. The molecule has 1 aliphatic heterocycles. The smallest absolute Gasteiger partial charge is 0.353 e. The number of piperidine rings is 1. The zero-order valence-electron chi connectivity index (χ0n) is 15.7. The standard InChI is InChI=1S/C18H23N5O4S/c1-2-27-18(24)13-5-3-9-22(11-13)17-15(23(25)26)16(20-12-21-17)19-8-7-14-6-4-10-28-14/h4,6,10,12-13H,2-3,5,7-9,11H2,1H3,(H,19,20,21). The Kier molecular flexibility index (Phi) is 6.75. The summed E-state index contributed by atoms with van der Waals surface area (Å²) < 4.78 is 5.11. The van der Waals surface area contributed by atoms with Gasteiger partial charge < -0.3 is 15.0 Å². The highest BCUT2D eigenvalue weighted by molar-refractivity contribution is 7.09. The van der Waals surface area contributed by atoms with Gasteiger partial charge in [-0.25, -0.2) is 9.97 Å².